The Balaban J connectivity index is 2.43. The molecule has 1 aliphatic carbocycles. The lowest BCUT2D eigenvalue weighted by molar-refractivity contribution is -0.143. The predicted octanol–water partition coefficient (Wildman–Crippen LogP) is 4.70. The highest BCUT2D eigenvalue weighted by Crippen LogP contribution is 2.27. The first-order chi connectivity index (χ1) is 17.5. The molecular formula is C29H47N3O5. The predicted molar refractivity (Wildman–Crippen MR) is 145 cm³/mol. The van der Waals surface area contributed by atoms with E-state index in [1.165, 1.54) is 11.3 Å². The van der Waals surface area contributed by atoms with E-state index in [4.69, 9.17) is 4.74 Å². The fraction of sp³-hybridized carbons (Fsp3) is 0.690. The van der Waals surface area contributed by atoms with Crippen LogP contribution < -0.4 is 10.6 Å². The van der Waals surface area contributed by atoms with Crippen molar-refractivity contribution in [2.45, 2.75) is 117 Å². The molecule has 2 rings (SSSR count). The Morgan fingerprint density at radius 1 is 1.08 bits per heavy atom. The lowest BCUT2D eigenvalue weighted by Crippen LogP contribution is -2.55. The molecule has 0 radical (unpaired) electrons. The van der Waals surface area contributed by atoms with E-state index in [1.807, 2.05) is 32.0 Å². The van der Waals surface area contributed by atoms with Crippen LogP contribution in [0.1, 0.15) is 102 Å². The number of aliphatic hydroxyl groups excluding tert-OH is 1. The standard InChI is InChI=1S/C29H47N3O5/c1-7-8-12-17-32(27(35)24(19-33)31-28(36)37-29(4,5)6)25(22-16-15-20(2)21(3)18-22)26(34)30-23-13-10-9-11-14-23/h15-16,18,23-25,33H,7-14,17,19H2,1-6H3,(H,30,34)(H,31,36). The lowest BCUT2D eigenvalue weighted by atomic mass is 9.94. The first kappa shape index (κ1) is 30.6. The molecule has 1 aliphatic rings. The van der Waals surface area contributed by atoms with Gasteiger partial charge in [-0.25, -0.2) is 4.79 Å². The quantitative estimate of drug-likeness (QED) is 0.369. The highest BCUT2D eigenvalue weighted by atomic mass is 16.6. The number of nitrogens with zero attached hydrogens (tertiary/aromatic N) is 1. The number of alkyl carbamates (subject to hydrolysis) is 1. The molecule has 0 spiro atoms. The van der Waals surface area contributed by atoms with Gasteiger partial charge in [-0.15, -0.1) is 0 Å². The number of ether oxygens (including phenoxy) is 1. The number of aryl methyl sites for hydroxylation is 2. The minimum Gasteiger partial charge on any atom is -0.444 e. The third kappa shape index (κ3) is 9.65. The molecule has 0 saturated heterocycles. The van der Waals surface area contributed by atoms with Crippen molar-refractivity contribution >= 4 is 17.9 Å². The summed E-state index contributed by atoms with van der Waals surface area (Å²) in [5.74, 6) is -0.736. The Morgan fingerprint density at radius 2 is 1.76 bits per heavy atom. The van der Waals surface area contributed by atoms with Gasteiger partial charge in [-0.05, 0) is 70.6 Å². The zero-order valence-electron chi connectivity index (χ0n) is 23.6. The van der Waals surface area contributed by atoms with E-state index in [0.717, 1.165) is 55.2 Å². The van der Waals surface area contributed by atoms with E-state index in [9.17, 15) is 19.5 Å². The fourth-order valence-corrected chi connectivity index (χ4v) is 4.67. The summed E-state index contributed by atoms with van der Waals surface area (Å²) < 4.78 is 5.31. The molecule has 1 saturated carbocycles. The van der Waals surface area contributed by atoms with Crippen molar-refractivity contribution < 1.29 is 24.2 Å². The molecule has 1 aromatic rings. The first-order valence-electron chi connectivity index (χ1n) is 13.7. The SMILES string of the molecule is CCCCCN(C(=O)C(CO)NC(=O)OC(C)(C)C)C(C(=O)NC1CCCCC1)c1ccc(C)c(C)c1. The summed E-state index contributed by atoms with van der Waals surface area (Å²) in [7, 11) is 0. The van der Waals surface area contributed by atoms with Crippen LogP contribution in [0.25, 0.3) is 0 Å². The average molecular weight is 518 g/mol. The molecule has 8 heteroatoms. The van der Waals surface area contributed by atoms with Crippen LogP contribution in [0.2, 0.25) is 0 Å². The summed E-state index contributed by atoms with van der Waals surface area (Å²) in [6.45, 7) is 11.0. The van der Waals surface area contributed by atoms with Gasteiger partial charge in [-0.2, -0.15) is 0 Å². The molecule has 0 aromatic heterocycles. The van der Waals surface area contributed by atoms with Gasteiger partial charge in [0.1, 0.15) is 17.7 Å². The van der Waals surface area contributed by atoms with Crippen molar-refractivity contribution in [2.75, 3.05) is 13.2 Å². The molecule has 2 unspecified atom stereocenters. The first-order valence-corrected chi connectivity index (χ1v) is 13.7. The minimum atomic E-state index is -1.23. The summed E-state index contributed by atoms with van der Waals surface area (Å²) in [6, 6.07) is 3.78. The van der Waals surface area contributed by atoms with Crippen LogP contribution in [0.3, 0.4) is 0 Å². The van der Waals surface area contributed by atoms with Crippen molar-refractivity contribution in [3.8, 4) is 0 Å². The van der Waals surface area contributed by atoms with E-state index in [0.29, 0.717) is 13.0 Å². The molecule has 2 atom stereocenters. The Labute approximate surface area is 222 Å². The number of nitrogens with one attached hydrogen (secondary N) is 2. The molecule has 3 N–H and O–H groups in total. The maximum absolute atomic E-state index is 13.8. The number of hydrogen-bond donors (Lipinski definition) is 3. The van der Waals surface area contributed by atoms with Crippen LogP contribution in [-0.4, -0.2) is 58.8 Å². The van der Waals surface area contributed by atoms with Crippen LogP contribution >= 0.6 is 0 Å². The van der Waals surface area contributed by atoms with Crippen LogP contribution in [0, 0.1) is 13.8 Å². The summed E-state index contributed by atoms with van der Waals surface area (Å²) in [5.41, 5.74) is 2.09. The molecule has 1 fully saturated rings. The summed E-state index contributed by atoms with van der Waals surface area (Å²) >= 11 is 0. The van der Waals surface area contributed by atoms with Gasteiger partial charge >= 0.3 is 6.09 Å². The fourth-order valence-electron chi connectivity index (χ4n) is 4.67. The molecule has 37 heavy (non-hydrogen) atoms. The van der Waals surface area contributed by atoms with Crippen LogP contribution in [-0.2, 0) is 14.3 Å². The summed E-state index contributed by atoms with van der Waals surface area (Å²) in [4.78, 5) is 41.6. The number of aliphatic hydroxyl groups is 1. The van der Waals surface area contributed by atoms with Crippen molar-refractivity contribution in [1.82, 2.24) is 15.5 Å². The maximum atomic E-state index is 13.8. The van der Waals surface area contributed by atoms with E-state index >= 15 is 0 Å². The monoisotopic (exact) mass is 517 g/mol. The van der Waals surface area contributed by atoms with Gasteiger partial charge in [0.2, 0.25) is 11.8 Å². The number of rotatable bonds is 11. The van der Waals surface area contributed by atoms with Gasteiger partial charge < -0.3 is 25.4 Å². The number of hydrogen-bond acceptors (Lipinski definition) is 5. The second kappa shape index (κ2) is 14.4. The van der Waals surface area contributed by atoms with Crippen LogP contribution in [0.4, 0.5) is 4.79 Å². The number of carbonyl (C=O) groups is 3. The van der Waals surface area contributed by atoms with E-state index in [2.05, 4.69) is 17.6 Å². The van der Waals surface area contributed by atoms with Crippen molar-refractivity contribution in [2.24, 2.45) is 0 Å². The molecular weight excluding hydrogens is 470 g/mol. The number of unbranched alkanes of at least 4 members (excludes halogenated alkanes) is 2. The minimum absolute atomic E-state index is 0.0800. The van der Waals surface area contributed by atoms with E-state index < -0.39 is 36.3 Å². The highest BCUT2D eigenvalue weighted by Gasteiger charge is 2.36. The zero-order chi connectivity index (χ0) is 27.6. The molecule has 0 bridgehead atoms. The van der Waals surface area contributed by atoms with Gasteiger partial charge in [0, 0.05) is 12.6 Å². The Morgan fingerprint density at radius 3 is 2.32 bits per heavy atom. The van der Waals surface area contributed by atoms with Gasteiger partial charge in [0.15, 0.2) is 0 Å². The zero-order valence-corrected chi connectivity index (χ0v) is 23.6. The molecule has 208 valence electrons. The summed E-state index contributed by atoms with van der Waals surface area (Å²) in [6.07, 6.45) is 6.91. The topological polar surface area (TPSA) is 108 Å². The van der Waals surface area contributed by atoms with Gasteiger partial charge in [-0.1, -0.05) is 57.2 Å². The Hall–Kier alpha value is -2.61. The second-order valence-electron chi connectivity index (χ2n) is 11.2. The van der Waals surface area contributed by atoms with Crippen molar-refractivity contribution in [3.05, 3.63) is 34.9 Å². The van der Waals surface area contributed by atoms with E-state index in [1.54, 1.807) is 20.8 Å². The van der Waals surface area contributed by atoms with Gasteiger partial charge in [0.05, 0.1) is 6.61 Å². The largest absolute Gasteiger partial charge is 0.444 e. The smallest absolute Gasteiger partial charge is 0.408 e. The molecule has 0 aliphatic heterocycles. The molecule has 3 amide bonds. The average Bonchev–Trinajstić information content (AvgIpc) is 2.83. The third-order valence-electron chi connectivity index (χ3n) is 6.82. The van der Waals surface area contributed by atoms with Gasteiger partial charge in [-0.3, -0.25) is 9.59 Å². The van der Waals surface area contributed by atoms with Gasteiger partial charge in [0.25, 0.3) is 0 Å². The molecule has 0 heterocycles. The third-order valence-corrected chi connectivity index (χ3v) is 6.82. The van der Waals surface area contributed by atoms with Crippen molar-refractivity contribution in [1.29, 1.82) is 0 Å². The Bertz CT molecular complexity index is 905. The second-order valence-corrected chi connectivity index (χ2v) is 11.2. The van der Waals surface area contributed by atoms with E-state index in [-0.39, 0.29) is 11.9 Å². The Kier molecular flexibility index (Phi) is 11.9. The van der Waals surface area contributed by atoms with Crippen LogP contribution in [0.5, 0.6) is 0 Å². The summed E-state index contributed by atoms with van der Waals surface area (Å²) in [5, 5.41) is 15.8. The number of carbonyl (C=O) groups excluding carboxylic acids is 3. The van der Waals surface area contributed by atoms with Crippen molar-refractivity contribution in [3.63, 3.8) is 0 Å². The van der Waals surface area contributed by atoms with Crippen LogP contribution in [0.15, 0.2) is 18.2 Å². The normalized spacial score (nSPS) is 16.0. The highest BCUT2D eigenvalue weighted by molar-refractivity contribution is 5.92. The maximum Gasteiger partial charge on any atom is 0.408 e. The number of amides is 3. The molecule has 8 nitrogen and oxygen atoms in total. The molecule has 1 aromatic carbocycles. The number of benzene rings is 1. The lowest BCUT2D eigenvalue weighted by Gasteiger charge is -2.35.